The summed E-state index contributed by atoms with van der Waals surface area (Å²) in [6, 6.07) is 0. The molecule has 0 radical (unpaired) electrons. The predicted octanol–water partition coefficient (Wildman–Crippen LogP) is 3.13. The first-order valence-electron chi connectivity index (χ1n) is 5.63. The van der Waals surface area contributed by atoms with Crippen LogP contribution in [0, 0.1) is 5.92 Å². The van der Waals surface area contributed by atoms with E-state index in [0.717, 1.165) is 35.6 Å². The largest absolute Gasteiger partial charge is 0.369 e. The van der Waals surface area contributed by atoms with Crippen LogP contribution in [0.1, 0.15) is 27.2 Å². The van der Waals surface area contributed by atoms with E-state index in [4.69, 9.17) is 0 Å². The Balaban J connectivity index is 2.70. The molecular formula is C11H19BrN4. The number of aromatic nitrogens is 2. The van der Waals surface area contributed by atoms with E-state index >= 15 is 0 Å². The van der Waals surface area contributed by atoms with Gasteiger partial charge in [-0.05, 0) is 28.3 Å². The summed E-state index contributed by atoms with van der Waals surface area (Å²) in [6.07, 6.45) is 2.65. The Morgan fingerprint density at radius 2 is 1.88 bits per heavy atom. The average Bonchev–Trinajstić information content (AvgIpc) is 2.26. The van der Waals surface area contributed by atoms with Crippen LogP contribution in [0.15, 0.2) is 10.8 Å². The first kappa shape index (κ1) is 13.2. The van der Waals surface area contributed by atoms with Crippen LogP contribution in [0.25, 0.3) is 0 Å². The van der Waals surface area contributed by atoms with Gasteiger partial charge in [0.2, 0.25) is 0 Å². The third-order valence-corrected chi connectivity index (χ3v) is 2.76. The van der Waals surface area contributed by atoms with Crippen molar-refractivity contribution in [2.75, 3.05) is 23.7 Å². The van der Waals surface area contributed by atoms with Crippen molar-refractivity contribution in [2.45, 2.75) is 27.2 Å². The van der Waals surface area contributed by atoms with Gasteiger partial charge in [-0.15, -0.1) is 0 Å². The lowest BCUT2D eigenvalue weighted by Gasteiger charge is -2.12. The number of rotatable bonds is 6. The number of hydrogen-bond acceptors (Lipinski definition) is 4. The molecule has 16 heavy (non-hydrogen) atoms. The predicted molar refractivity (Wildman–Crippen MR) is 71.8 cm³/mol. The van der Waals surface area contributed by atoms with E-state index in [1.807, 2.05) is 0 Å². The van der Waals surface area contributed by atoms with Gasteiger partial charge in [0, 0.05) is 13.1 Å². The van der Waals surface area contributed by atoms with E-state index in [1.54, 1.807) is 6.33 Å². The first-order valence-corrected chi connectivity index (χ1v) is 6.42. The molecule has 1 aromatic rings. The van der Waals surface area contributed by atoms with Crippen LogP contribution in [0.2, 0.25) is 0 Å². The van der Waals surface area contributed by atoms with Crippen molar-refractivity contribution in [2.24, 2.45) is 5.92 Å². The van der Waals surface area contributed by atoms with Gasteiger partial charge in [0.25, 0.3) is 0 Å². The SMILES string of the molecule is CCCNc1ncnc(NCC(C)C)c1Br. The van der Waals surface area contributed by atoms with Gasteiger partial charge in [0.1, 0.15) is 22.4 Å². The van der Waals surface area contributed by atoms with Crippen molar-refractivity contribution < 1.29 is 0 Å². The lowest BCUT2D eigenvalue weighted by Crippen LogP contribution is -2.11. The minimum absolute atomic E-state index is 0.592. The molecule has 0 amide bonds. The van der Waals surface area contributed by atoms with Crippen molar-refractivity contribution in [1.29, 1.82) is 0 Å². The summed E-state index contributed by atoms with van der Waals surface area (Å²) in [5.41, 5.74) is 0. The highest BCUT2D eigenvalue weighted by Gasteiger charge is 2.07. The summed E-state index contributed by atoms with van der Waals surface area (Å²) >= 11 is 3.51. The highest BCUT2D eigenvalue weighted by Crippen LogP contribution is 2.26. The van der Waals surface area contributed by atoms with Gasteiger partial charge in [-0.1, -0.05) is 20.8 Å². The van der Waals surface area contributed by atoms with E-state index in [2.05, 4.69) is 57.3 Å². The molecule has 0 saturated carbocycles. The normalized spacial score (nSPS) is 10.6. The zero-order valence-corrected chi connectivity index (χ0v) is 11.6. The Morgan fingerprint density at radius 1 is 1.25 bits per heavy atom. The van der Waals surface area contributed by atoms with E-state index in [1.165, 1.54) is 0 Å². The summed E-state index contributed by atoms with van der Waals surface area (Å²) < 4.78 is 0.907. The summed E-state index contributed by atoms with van der Waals surface area (Å²) in [4.78, 5) is 8.40. The van der Waals surface area contributed by atoms with E-state index in [9.17, 15) is 0 Å². The molecule has 0 bridgehead atoms. The third-order valence-electron chi connectivity index (χ3n) is 2.01. The van der Waals surface area contributed by atoms with Gasteiger partial charge in [0.05, 0.1) is 0 Å². The molecule has 0 aliphatic carbocycles. The zero-order chi connectivity index (χ0) is 12.0. The molecule has 0 spiro atoms. The molecule has 0 fully saturated rings. The standard InChI is InChI=1S/C11H19BrN4/c1-4-5-13-10-9(12)11(16-7-15-10)14-6-8(2)3/h7-8H,4-6H2,1-3H3,(H2,13,14,15,16). The van der Waals surface area contributed by atoms with Crippen molar-refractivity contribution in [3.05, 3.63) is 10.8 Å². The van der Waals surface area contributed by atoms with Crippen LogP contribution < -0.4 is 10.6 Å². The van der Waals surface area contributed by atoms with Crippen LogP contribution in [0.5, 0.6) is 0 Å². The molecule has 0 unspecified atom stereocenters. The van der Waals surface area contributed by atoms with Crippen LogP contribution in [-0.4, -0.2) is 23.1 Å². The van der Waals surface area contributed by atoms with E-state index in [0.29, 0.717) is 5.92 Å². The molecule has 90 valence electrons. The molecule has 0 saturated heterocycles. The molecule has 2 N–H and O–H groups in total. The fourth-order valence-corrected chi connectivity index (χ4v) is 1.65. The van der Waals surface area contributed by atoms with E-state index < -0.39 is 0 Å². The number of anilines is 2. The second-order valence-electron chi connectivity index (χ2n) is 4.09. The highest BCUT2D eigenvalue weighted by atomic mass is 79.9. The first-order chi connectivity index (χ1) is 7.65. The maximum Gasteiger partial charge on any atom is 0.145 e. The van der Waals surface area contributed by atoms with Gasteiger partial charge >= 0.3 is 0 Å². The Bertz CT molecular complexity index is 328. The van der Waals surface area contributed by atoms with Crippen LogP contribution >= 0.6 is 15.9 Å². The fourth-order valence-electron chi connectivity index (χ4n) is 1.16. The maximum atomic E-state index is 4.21. The number of nitrogens with one attached hydrogen (secondary N) is 2. The summed E-state index contributed by atoms with van der Waals surface area (Å²) in [6.45, 7) is 8.28. The number of halogens is 1. The quantitative estimate of drug-likeness (QED) is 0.844. The zero-order valence-electron chi connectivity index (χ0n) is 10.0. The molecule has 1 rings (SSSR count). The average molecular weight is 287 g/mol. The molecule has 0 atom stereocenters. The number of hydrogen-bond donors (Lipinski definition) is 2. The van der Waals surface area contributed by atoms with Gasteiger partial charge < -0.3 is 10.6 Å². The van der Waals surface area contributed by atoms with Crippen molar-refractivity contribution in [3.63, 3.8) is 0 Å². The topological polar surface area (TPSA) is 49.8 Å². The fraction of sp³-hybridized carbons (Fsp3) is 0.636. The molecule has 0 aliphatic rings. The Morgan fingerprint density at radius 3 is 2.44 bits per heavy atom. The summed E-state index contributed by atoms with van der Waals surface area (Å²) in [5.74, 6) is 2.29. The minimum atomic E-state index is 0.592. The van der Waals surface area contributed by atoms with Gasteiger partial charge in [-0.25, -0.2) is 9.97 Å². The van der Waals surface area contributed by atoms with Gasteiger partial charge in [-0.2, -0.15) is 0 Å². The van der Waals surface area contributed by atoms with Crippen LogP contribution in [-0.2, 0) is 0 Å². The van der Waals surface area contributed by atoms with Crippen LogP contribution in [0.4, 0.5) is 11.6 Å². The van der Waals surface area contributed by atoms with Crippen LogP contribution in [0.3, 0.4) is 0 Å². The monoisotopic (exact) mass is 286 g/mol. The second kappa shape index (κ2) is 6.68. The molecule has 0 aromatic carbocycles. The molecular weight excluding hydrogens is 268 g/mol. The third kappa shape index (κ3) is 3.96. The lowest BCUT2D eigenvalue weighted by atomic mass is 10.2. The Kier molecular flexibility index (Phi) is 5.52. The Labute approximate surface area is 105 Å². The van der Waals surface area contributed by atoms with E-state index in [-0.39, 0.29) is 0 Å². The molecule has 1 heterocycles. The van der Waals surface area contributed by atoms with Gasteiger partial charge in [0.15, 0.2) is 0 Å². The molecule has 4 nitrogen and oxygen atoms in total. The van der Waals surface area contributed by atoms with Crippen molar-refractivity contribution >= 4 is 27.6 Å². The second-order valence-corrected chi connectivity index (χ2v) is 4.88. The highest BCUT2D eigenvalue weighted by molar-refractivity contribution is 9.10. The smallest absolute Gasteiger partial charge is 0.145 e. The minimum Gasteiger partial charge on any atom is -0.369 e. The number of nitrogens with zero attached hydrogens (tertiary/aromatic N) is 2. The summed E-state index contributed by atoms with van der Waals surface area (Å²) in [7, 11) is 0. The molecule has 1 aromatic heterocycles. The van der Waals surface area contributed by atoms with Gasteiger partial charge in [-0.3, -0.25) is 0 Å². The lowest BCUT2D eigenvalue weighted by molar-refractivity contribution is 0.686. The molecule has 0 aliphatic heterocycles. The molecule has 5 heteroatoms. The van der Waals surface area contributed by atoms with Crippen molar-refractivity contribution in [1.82, 2.24) is 9.97 Å². The Hall–Kier alpha value is -0.840. The summed E-state index contributed by atoms with van der Waals surface area (Å²) in [5, 5.41) is 6.54. The maximum absolute atomic E-state index is 4.21. The van der Waals surface area contributed by atoms with Crippen molar-refractivity contribution in [3.8, 4) is 0 Å².